The van der Waals surface area contributed by atoms with Crippen LogP contribution in [0.15, 0.2) is 64.3 Å². The first-order valence-electron chi connectivity index (χ1n) is 12.0. The van der Waals surface area contributed by atoms with Gasteiger partial charge in [0.2, 0.25) is 0 Å². The van der Waals surface area contributed by atoms with Gasteiger partial charge in [0.1, 0.15) is 6.20 Å². The van der Waals surface area contributed by atoms with Gasteiger partial charge in [0, 0.05) is 6.54 Å². The number of benzene rings is 2. The number of hydrogen-bond acceptors (Lipinski definition) is 6. The molecule has 10 heteroatoms. The third-order valence-electron chi connectivity index (χ3n) is 6.55. The molecule has 36 heavy (non-hydrogen) atoms. The summed E-state index contributed by atoms with van der Waals surface area (Å²) in [6.07, 6.45) is 5.10. The van der Waals surface area contributed by atoms with Gasteiger partial charge in [0.05, 0.1) is 34.5 Å². The second-order valence-corrected chi connectivity index (χ2v) is 9.61. The van der Waals surface area contributed by atoms with E-state index in [1.54, 1.807) is 30.3 Å². The molecule has 1 saturated carbocycles. The maximum absolute atomic E-state index is 13.1. The number of nitrogens with one attached hydrogen (secondary N) is 1. The van der Waals surface area contributed by atoms with Gasteiger partial charge >= 0.3 is 5.69 Å². The number of amides is 1. The summed E-state index contributed by atoms with van der Waals surface area (Å²) >= 11 is 6.27. The highest BCUT2D eigenvalue weighted by Crippen LogP contribution is 2.27. The fourth-order valence-electron chi connectivity index (χ4n) is 4.46. The number of carbonyl (C=O) groups is 1. The highest BCUT2D eigenvalue weighted by Gasteiger charge is 2.29. The van der Waals surface area contributed by atoms with Crippen molar-refractivity contribution >= 4 is 17.5 Å². The quantitative estimate of drug-likeness (QED) is 0.418. The van der Waals surface area contributed by atoms with Crippen LogP contribution < -0.4 is 16.6 Å². The van der Waals surface area contributed by atoms with Gasteiger partial charge in [-0.15, -0.1) is 0 Å². The molecule has 4 rings (SSSR count). The molecule has 1 unspecified atom stereocenters. The first-order chi connectivity index (χ1) is 17.3. The number of aliphatic hydroxyl groups excluding tert-OH is 1. The van der Waals surface area contributed by atoms with E-state index in [-0.39, 0.29) is 29.4 Å². The maximum atomic E-state index is 13.1. The number of carbonyl (C=O) groups excluding carboxylic acids is 1. The van der Waals surface area contributed by atoms with E-state index in [9.17, 15) is 24.6 Å². The van der Waals surface area contributed by atoms with Crippen molar-refractivity contribution in [1.82, 2.24) is 19.7 Å². The smallest absolute Gasteiger partial charge is 0.352 e. The maximum Gasteiger partial charge on any atom is 0.352 e. The van der Waals surface area contributed by atoms with E-state index in [2.05, 4.69) is 10.4 Å². The van der Waals surface area contributed by atoms with Crippen LogP contribution >= 0.6 is 11.6 Å². The first kappa shape index (κ1) is 25.8. The molecule has 0 saturated heterocycles. The Morgan fingerprint density at radius 1 is 1.08 bits per heavy atom. The average Bonchev–Trinajstić information content (AvgIpc) is 3.11. The largest absolute Gasteiger partial charge is 0.388 e. The van der Waals surface area contributed by atoms with E-state index < -0.39 is 28.9 Å². The van der Waals surface area contributed by atoms with Crippen LogP contribution in [0.2, 0.25) is 5.02 Å². The predicted octanol–water partition coefficient (Wildman–Crippen LogP) is 2.60. The molecule has 1 atom stereocenters. The average molecular weight is 513 g/mol. The lowest BCUT2D eigenvalue weighted by molar-refractivity contribution is 0.0246. The Balaban J connectivity index is 1.58. The number of aromatic nitrogens is 3. The SMILES string of the molecule is O=C(NCC1(O)CCCCCC1)c1cc(-n2ncc(=O)n(CC(O)c3ccccc3)c2=O)ccc1Cl. The lowest BCUT2D eigenvalue weighted by Crippen LogP contribution is -2.43. The monoisotopic (exact) mass is 512 g/mol. The molecule has 1 aliphatic carbocycles. The summed E-state index contributed by atoms with van der Waals surface area (Å²) in [5.41, 5.74) is -1.47. The molecule has 2 aromatic carbocycles. The molecule has 190 valence electrons. The van der Waals surface area contributed by atoms with Crippen molar-refractivity contribution < 1.29 is 15.0 Å². The van der Waals surface area contributed by atoms with Gasteiger partial charge in [-0.25, -0.2) is 4.79 Å². The number of halogens is 1. The molecule has 0 aliphatic heterocycles. The molecular weight excluding hydrogens is 484 g/mol. The minimum Gasteiger partial charge on any atom is -0.388 e. The summed E-state index contributed by atoms with van der Waals surface area (Å²) in [4.78, 5) is 38.4. The third-order valence-corrected chi connectivity index (χ3v) is 6.88. The van der Waals surface area contributed by atoms with E-state index in [4.69, 9.17) is 11.6 Å². The molecule has 0 radical (unpaired) electrons. The molecule has 0 spiro atoms. The molecule has 0 bridgehead atoms. The minimum atomic E-state index is -1.08. The van der Waals surface area contributed by atoms with Gasteiger partial charge in [-0.1, -0.05) is 67.6 Å². The zero-order valence-corrected chi connectivity index (χ0v) is 20.5. The molecule has 3 N–H and O–H groups in total. The fourth-order valence-corrected chi connectivity index (χ4v) is 4.66. The van der Waals surface area contributed by atoms with Crippen LogP contribution in [0, 0.1) is 0 Å². The molecule has 1 heterocycles. The van der Waals surface area contributed by atoms with Crippen molar-refractivity contribution in [3.63, 3.8) is 0 Å². The molecule has 1 aromatic heterocycles. The summed E-state index contributed by atoms with van der Waals surface area (Å²) in [6.45, 7) is -0.156. The predicted molar refractivity (Wildman–Crippen MR) is 135 cm³/mol. The van der Waals surface area contributed by atoms with Gasteiger partial charge < -0.3 is 15.5 Å². The van der Waals surface area contributed by atoms with Crippen molar-refractivity contribution in [3.8, 4) is 5.69 Å². The Hall–Kier alpha value is -3.27. The second kappa shape index (κ2) is 11.2. The Bertz CT molecular complexity index is 1330. The van der Waals surface area contributed by atoms with Crippen LogP contribution in [-0.2, 0) is 6.54 Å². The van der Waals surface area contributed by atoms with Crippen molar-refractivity contribution in [1.29, 1.82) is 0 Å². The Kier molecular flexibility index (Phi) is 8.03. The second-order valence-electron chi connectivity index (χ2n) is 9.20. The lowest BCUT2D eigenvalue weighted by Gasteiger charge is -2.26. The molecular formula is C26H29ClN4O5. The zero-order chi connectivity index (χ0) is 25.7. The van der Waals surface area contributed by atoms with E-state index in [0.717, 1.165) is 41.1 Å². The lowest BCUT2D eigenvalue weighted by atomic mass is 9.94. The van der Waals surface area contributed by atoms with Crippen molar-refractivity contribution in [2.45, 2.75) is 56.8 Å². The fraction of sp³-hybridized carbons (Fsp3) is 0.385. The van der Waals surface area contributed by atoms with Crippen LogP contribution in [0.1, 0.15) is 60.6 Å². The van der Waals surface area contributed by atoms with Crippen LogP contribution in [0.3, 0.4) is 0 Å². The van der Waals surface area contributed by atoms with Gasteiger partial charge in [-0.05, 0) is 36.6 Å². The highest BCUT2D eigenvalue weighted by molar-refractivity contribution is 6.33. The Labute approximate surface area is 213 Å². The number of hydrogen-bond donors (Lipinski definition) is 3. The van der Waals surface area contributed by atoms with E-state index in [0.29, 0.717) is 18.4 Å². The standard InChI is InChI=1S/C26H29ClN4O5/c27-21-11-10-19(14-20(21)24(34)28-17-26(36)12-6-1-2-7-13-26)31-25(35)30(23(33)15-29-31)16-22(32)18-8-4-3-5-9-18/h3-5,8-11,14-15,22,32,36H,1-2,6-7,12-13,16-17H2,(H,28,34). The van der Waals surface area contributed by atoms with E-state index in [1.165, 1.54) is 18.2 Å². The van der Waals surface area contributed by atoms with E-state index in [1.807, 2.05) is 0 Å². The number of nitrogens with zero attached hydrogens (tertiary/aromatic N) is 3. The first-order valence-corrected chi connectivity index (χ1v) is 12.4. The van der Waals surface area contributed by atoms with Crippen LogP contribution in [0.5, 0.6) is 0 Å². The Morgan fingerprint density at radius 2 is 1.78 bits per heavy atom. The molecule has 9 nitrogen and oxygen atoms in total. The van der Waals surface area contributed by atoms with Crippen LogP contribution in [0.25, 0.3) is 5.69 Å². The van der Waals surface area contributed by atoms with Crippen molar-refractivity contribution in [3.05, 3.63) is 91.7 Å². The third kappa shape index (κ3) is 5.92. The molecule has 1 fully saturated rings. The molecule has 3 aromatic rings. The Morgan fingerprint density at radius 3 is 2.47 bits per heavy atom. The van der Waals surface area contributed by atoms with Crippen molar-refractivity contribution in [2.24, 2.45) is 0 Å². The van der Waals surface area contributed by atoms with Crippen LogP contribution in [-0.4, -0.2) is 42.6 Å². The van der Waals surface area contributed by atoms with E-state index >= 15 is 0 Å². The summed E-state index contributed by atoms with van der Waals surface area (Å²) in [7, 11) is 0. The van der Waals surface area contributed by atoms with Gasteiger partial charge in [-0.2, -0.15) is 9.78 Å². The summed E-state index contributed by atoms with van der Waals surface area (Å²) in [5.74, 6) is -0.486. The highest BCUT2D eigenvalue weighted by atomic mass is 35.5. The topological polar surface area (TPSA) is 126 Å². The summed E-state index contributed by atoms with van der Waals surface area (Å²) < 4.78 is 1.87. The molecule has 1 amide bonds. The van der Waals surface area contributed by atoms with Gasteiger partial charge in [0.25, 0.3) is 11.5 Å². The number of rotatable bonds is 7. The summed E-state index contributed by atoms with van der Waals surface area (Å²) in [5, 5.41) is 28.2. The number of aliphatic hydroxyl groups is 2. The minimum absolute atomic E-state index is 0.104. The van der Waals surface area contributed by atoms with Gasteiger partial charge in [-0.3, -0.25) is 14.2 Å². The normalized spacial score (nSPS) is 16.2. The van der Waals surface area contributed by atoms with Gasteiger partial charge in [0.15, 0.2) is 0 Å². The summed E-state index contributed by atoms with van der Waals surface area (Å²) in [6, 6.07) is 13.1. The van der Waals surface area contributed by atoms with Crippen molar-refractivity contribution in [2.75, 3.05) is 6.54 Å². The molecule has 1 aliphatic rings. The zero-order valence-electron chi connectivity index (χ0n) is 19.8. The van der Waals surface area contributed by atoms with Crippen LogP contribution in [0.4, 0.5) is 0 Å².